The molecular weight excluding hydrogens is 264 g/mol. The minimum atomic E-state index is -0.149. The number of ether oxygens (including phenoxy) is 1. The van der Waals surface area contributed by atoms with Crippen LogP contribution in [0.3, 0.4) is 0 Å². The lowest BCUT2D eigenvalue weighted by atomic mass is 10.1. The van der Waals surface area contributed by atoms with E-state index in [4.69, 9.17) is 9.84 Å². The average molecular weight is 282 g/mol. The lowest BCUT2D eigenvalue weighted by Gasteiger charge is -2.12. The van der Waals surface area contributed by atoms with Gasteiger partial charge in [-0.05, 0) is 45.0 Å². The quantitative estimate of drug-likeness (QED) is 0.736. The number of aromatic nitrogens is 4. The summed E-state index contributed by atoms with van der Waals surface area (Å²) in [5.74, 6) is 0. The molecule has 0 aliphatic rings. The molecule has 1 atom stereocenters. The molecule has 0 aliphatic heterocycles. The highest BCUT2D eigenvalue weighted by atomic mass is 16.5. The average Bonchev–Trinajstić information content (AvgIpc) is 2.87. The molecule has 0 aromatic carbocycles. The van der Waals surface area contributed by atoms with Gasteiger partial charge in [0.1, 0.15) is 11.9 Å². The van der Waals surface area contributed by atoms with Crippen LogP contribution in [0.4, 0.5) is 0 Å². The van der Waals surface area contributed by atoms with Gasteiger partial charge in [-0.15, -0.1) is 0 Å². The smallest absolute Gasteiger partial charge is 0.161 e. The fraction of sp³-hybridized carbons (Fsp3) is 0.312. The Balaban J connectivity index is 2.20. The predicted octanol–water partition coefficient (Wildman–Crippen LogP) is 3.36. The molecule has 0 fully saturated rings. The summed E-state index contributed by atoms with van der Waals surface area (Å²) in [6.45, 7) is 6.57. The Bertz CT molecular complexity index is 766. The van der Waals surface area contributed by atoms with E-state index in [-0.39, 0.29) is 6.23 Å². The van der Waals surface area contributed by atoms with E-state index < -0.39 is 0 Å². The molecule has 0 radical (unpaired) electrons. The van der Waals surface area contributed by atoms with Crippen LogP contribution >= 0.6 is 0 Å². The first kappa shape index (κ1) is 13.7. The molecule has 0 saturated carbocycles. The second kappa shape index (κ2) is 5.61. The molecule has 3 heterocycles. The van der Waals surface area contributed by atoms with Crippen LogP contribution in [-0.2, 0) is 4.74 Å². The Hall–Kier alpha value is -2.27. The highest BCUT2D eigenvalue weighted by Crippen LogP contribution is 2.28. The monoisotopic (exact) mass is 282 g/mol. The standard InChI is InChI=1S/C16H18N4O/c1-4-21-12(3)20-16-14(6-5-8-18-16)15(19-20)13-7-9-17-11(2)10-13/h5-10,12H,4H2,1-3H3. The number of nitrogens with zero attached hydrogens (tertiary/aromatic N) is 4. The Morgan fingerprint density at radius 2 is 2.10 bits per heavy atom. The predicted molar refractivity (Wildman–Crippen MR) is 81.8 cm³/mol. The molecule has 0 amide bonds. The lowest BCUT2D eigenvalue weighted by Crippen LogP contribution is -2.11. The minimum absolute atomic E-state index is 0.149. The van der Waals surface area contributed by atoms with Crippen molar-refractivity contribution in [1.29, 1.82) is 0 Å². The molecule has 108 valence electrons. The van der Waals surface area contributed by atoms with Gasteiger partial charge in [0.05, 0.1) is 0 Å². The van der Waals surface area contributed by atoms with Gasteiger partial charge in [0.25, 0.3) is 0 Å². The van der Waals surface area contributed by atoms with E-state index >= 15 is 0 Å². The van der Waals surface area contributed by atoms with Crippen molar-refractivity contribution in [1.82, 2.24) is 19.7 Å². The van der Waals surface area contributed by atoms with E-state index in [0.29, 0.717) is 6.61 Å². The van der Waals surface area contributed by atoms with Gasteiger partial charge in [0.2, 0.25) is 0 Å². The summed E-state index contributed by atoms with van der Waals surface area (Å²) in [5, 5.41) is 5.74. The molecule has 3 aromatic rings. The topological polar surface area (TPSA) is 52.8 Å². The lowest BCUT2D eigenvalue weighted by molar-refractivity contribution is 0.0189. The maximum Gasteiger partial charge on any atom is 0.161 e. The third-order valence-electron chi connectivity index (χ3n) is 3.39. The number of aryl methyl sites for hydroxylation is 1. The molecule has 0 N–H and O–H groups in total. The van der Waals surface area contributed by atoms with E-state index in [1.54, 1.807) is 12.4 Å². The number of fused-ring (bicyclic) bond motifs is 1. The van der Waals surface area contributed by atoms with Crippen LogP contribution in [0.2, 0.25) is 0 Å². The molecule has 0 bridgehead atoms. The molecule has 0 saturated heterocycles. The summed E-state index contributed by atoms with van der Waals surface area (Å²) >= 11 is 0. The van der Waals surface area contributed by atoms with Crippen LogP contribution in [0.25, 0.3) is 22.3 Å². The van der Waals surface area contributed by atoms with E-state index in [0.717, 1.165) is 28.0 Å². The highest BCUT2D eigenvalue weighted by molar-refractivity contribution is 5.91. The van der Waals surface area contributed by atoms with Crippen molar-refractivity contribution in [2.45, 2.75) is 27.0 Å². The van der Waals surface area contributed by atoms with Crippen molar-refractivity contribution in [3.63, 3.8) is 0 Å². The van der Waals surface area contributed by atoms with Crippen molar-refractivity contribution in [2.75, 3.05) is 6.61 Å². The van der Waals surface area contributed by atoms with Crippen molar-refractivity contribution in [2.24, 2.45) is 0 Å². The van der Waals surface area contributed by atoms with Crippen LogP contribution in [0.5, 0.6) is 0 Å². The van der Waals surface area contributed by atoms with E-state index in [9.17, 15) is 0 Å². The Labute approximate surface area is 123 Å². The van der Waals surface area contributed by atoms with Gasteiger partial charge >= 0.3 is 0 Å². The van der Waals surface area contributed by atoms with Gasteiger partial charge in [-0.1, -0.05) is 0 Å². The highest BCUT2D eigenvalue weighted by Gasteiger charge is 2.17. The summed E-state index contributed by atoms with van der Waals surface area (Å²) in [5.41, 5.74) is 3.76. The largest absolute Gasteiger partial charge is 0.357 e. The number of rotatable bonds is 4. The number of pyridine rings is 2. The molecule has 0 aliphatic carbocycles. The summed E-state index contributed by atoms with van der Waals surface area (Å²) in [7, 11) is 0. The van der Waals surface area contributed by atoms with Gasteiger partial charge < -0.3 is 4.74 Å². The van der Waals surface area contributed by atoms with Gasteiger partial charge in [0.15, 0.2) is 5.65 Å². The second-order valence-corrected chi connectivity index (χ2v) is 4.91. The molecule has 0 spiro atoms. The van der Waals surface area contributed by atoms with Crippen molar-refractivity contribution >= 4 is 11.0 Å². The van der Waals surface area contributed by atoms with E-state index in [2.05, 4.69) is 9.97 Å². The molecule has 5 nitrogen and oxygen atoms in total. The van der Waals surface area contributed by atoms with Crippen molar-refractivity contribution < 1.29 is 4.74 Å². The third-order valence-corrected chi connectivity index (χ3v) is 3.39. The number of hydrogen-bond donors (Lipinski definition) is 0. The minimum Gasteiger partial charge on any atom is -0.357 e. The van der Waals surface area contributed by atoms with Crippen LogP contribution in [0.1, 0.15) is 25.8 Å². The summed E-state index contributed by atoms with van der Waals surface area (Å²) < 4.78 is 7.49. The van der Waals surface area contributed by atoms with Crippen molar-refractivity contribution in [3.05, 3.63) is 42.4 Å². The molecule has 1 unspecified atom stereocenters. The maximum atomic E-state index is 5.66. The molecule has 3 aromatic heterocycles. The van der Waals surface area contributed by atoms with Gasteiger partial charge in [-0.3, -0.25) is 4.98 Å². The number of hydrogen-bond acceptors (Lipinski definition) is 4. The van der Waals surface area contributed by atoms with Gasteiger partial charge in [-0.2, -0.15) is 5.10 Å². The van der Waals surface area contributed by atoms with Crippen LogP contribution < -0.4 is 0 Å². The van der Waals surface area contributed by atoms with Crippen LogP contribution in [0, 0.1) is 6.92 Å². The zero-order valence-electron chi connectivity index (χ0n) is 12.4. The maximum absolute atomic E-state index is 5.66. The SMILES string of the molecule is CCOC(C)n1nc(-c2ccnc(C)c2)c2cccnc21. The Kier molecular flexibility index (Phi) is 3.66. The van der Waals surface area contributed by atoms with Gasteiger partial charge in [0, 0.05) is 35.6 Å². The summed E-state index contributed by atoms with van der Waals surface area (Å²) in [6, 6.07) is 7.97. The second-order valence-electron chi connectivity index (χ2n) is 4.91. The third kappa shape index (κ3) is 2.52. The van der Waals surface area contributed by atoms with E-state index in [1.807, 2.05) is 49.7 Å². The summed E-state index contributed by atoms with van der Waals surface area (Å²) in [4.78, 5) is 8.70. The first-order valence-corrected chi connectivity index (χ1v) is 7.08. The van der Waals surface area contributed by atoms with Crippen LogP contribution in [-0.4, -0.2) is 26.4 Å². The molecule has 21 heavy (non-hydrogen) atoms. The zero-order chi connectivity index (χ0) is 14.8. The van der Waals surface area contributed by atoms with Crippen LogP contribution in [0.15, 0.2) is 36.7 Å². The first-order chi connectivity index (χ1) is 10.2. The Morgan fingerprint density at radius 3 is 2.86 bits per heavy atom. The molecule has 3 rings (SSSR count). The molecule has 5 heteroatoms. The summed E-state index contributed by atoms with van der Waals surface area (Å²) in [6.07, 6.45) is 3.43. The fourth-order valence-corrected chi connectivity index (χ4v) is 2.44. The normalized spacial score (nSPS) is 12.7. The Morgan fingerprint density at radius 1 is 1.24 bits per heavy atom. The van der Waals surface area contributed by atoms with Crippen molar-refractivity contribution in [3.8, 4) is 11.3 Å². The van der Waals surface area contributed by atoms with E-state index in [1.165, 1.54) is 0 Å². The van der Waals surface area contributed by atoms with Gasteiger partial charge in [-0.25, -0.2) is 9.67 Å². The molecular formula is C16H18N4O. The zero-order valence-corrected chi connectivity index (χ0v) is 12.4. The fourth-order valence-electron chi connectivity index (χ4n) is 2.44. The first-order valence-electron chi connectivity index (χ1n) is 7.08.